The van der Waals surface area contributed by atoms with E-state index >= 15 is 0 Å². The van der Waals surface area contributed by atoms with Gasteiger partial charge < -0.3 is 4.74 Å². The van der Waals surface area contributed by atoms with E-state index in [0.29, 0.717) is 23.3 Å². The van der Waals surface area contributed by atoms with Crippen LogP contribution < -0.4 is 0 Å². The van der Waals surface area contributed by atoms with Crippen molar-refractivity contribution in [1.29, 1.82) is 0 Å². The molecule has 1 aromatic heterocycles. The monoisotopic (exact) mass is 262 g/mol. The number of halogens is 3. The van der Waals surface area contributed by atoms with Gasteiger partial charge in [-0.3, -0.25) is 0 Å². The van der Waals surface area contributed by atoms with Crippen molar-refractivity contribution in [2.45, 2.75) is 31.6 Å². The average molecular weight is 263 g/mol. The first-order chi connectivity index (χ1) is 8.15. The zero-order valence-corrected chi connectivity index (χ0v) is 9.96. The summed E-state index contributed by atoms with van der Waals surface area (Å²) >= 11 is 5.87. The second-order valence-corrected chi connectivity index (χ2v) is 4.41. The predicted molar refractivity (Wildman–Crippen MR) is 59.5 cm³/mol. The Labute approximate surface area is 103 Å². The third-order valence-corrected chi connectivity index (χ3v) is 2.66. The topological polar surface area (TPSA) is 35.0 Å². The summed E-state index contributed by atoms with van der Waals surface area (Å²) < 4.78 is 28.4. The van der Waals surface area contributed by atoms with Crippen LogP contribution in [0, 0.1) is 0 Å². The van der Waals surface area contributed by atoms with E-state index in [2.05, 4.69) is 9.97 Å². The normalized spacial score (nSPS) is 15.5. The fraction of sp³-hybridized carbons (Fsp3) is 0.636. The molecule has 0 aromatic carbocycles. The number of nitrogens with zero attached hydrogens (tertiary/aromatic N) is 2. The summed E-state index contributed by atoms with van der Waals surface area (Å²) in [6, 6.07) is 1.77. The van der Waals surface area contributed by atoms with Crippen LogP contribution in [0.4, 0.5) is 8.78 Å². The number of hydrogen-bond donors (Lipinski definition) is 0. The molecule has 0 N–H and O–H groups in total. The van der Waals surface area contributed by atoms with Crippen molar-refractivity contribution in [1.82, 2.24) is 9.97 Å². The molecule has 6 heteroatoms. The van der Waals surface area contributed by atoms with Gasteiger partial charge in [-0.1, -0.05) is 11.6 Å². The van der Waals surface area contributed by atoms with Crippen LogP contribution in [-0.4, -0.2) is 29.6 Å². The summed E-state index contributed by atoms with van der Waals surface area (Å²) in [7, 11) is 0. The van der Waals surface area contributed by atoms with Crippen molar-refractivity contribution in [2.24, 2.45) is 0 Å². The molecule has 0 atom stereocenters. The Morgan fingerprint density at radius 2 is 2.18 bits per heavy atom. The summed E-state index contributed by atoms with van der Waals surface area (Å²) in [6.45, 7) is -0.356. The molecular formula is C11H13ClF2N2O. The Kier molecular flexibility index (Phi) is 4.23. The van der Waals surface area contributed by atoms with Gasteiger partial charge in [0, 0.05) is 18.0 Å². The molecule has 0 aliphatic heterocycles. The van der Waals surface area contributed by atoms with E-state index in [0.717, 1.165) is 18.5 Å². The molecule has 0 spiro atoms. The van der Waals surface area contributed by atoms with Gasteiger partial charge in [-0.05, 0) is 18.9 Å². The van der Waals surface area contributed by atoms with Gasteiger partial charge in [0.2, 0.25) is 0 Å². The maximum atomic E-state index is 11.8. The highest BCUT2D eigenvalue weighted by Gasteiger charge is 2.25. The zero-order valence-electron chi connectivity index (χ0n) is 9.20. The van der Waals surface area contributed by atoms with Crippen molar-refractivity contribution in [3.05, 3.63) is 22.7 Å². The summed E-state index contributed by atoms with van der Waals surface area (Å²) in [5, 5.41) is 0.408. The Balaban J connectivity index is 1.87. The van der Waals surface area contributed by atoms with Gasteiger partial charge in [0.1, 0.15) is 17.6 Å². The molecule has 2 rings (SSSR count). The van der Waals surface area contributed by atoms with E-state index in [-0.39, 0.29) is 6.61 Å². The summed E-state index contributed by atoms with van der Waals surface area (Å²) in [6.07, 6.45) is 0.244. The molecule has 3 nitrogen and oxygen atoms in total. The zero-order chi connectivity index (χ0) is 12.3. The molecule has 0 radical (unpaired) electrons. The quantitative estimate of drug-likeness (QED) is 0.584. The summed E-state index contributed by atoms with van der Waals surface area (Å²) in [5.41, 5.74) is 0.953. The fourth-order valence-corrected chi connectivity index (χ4v) is 1.73. The average Bonchev–Trinajstić information content (AvgIpc) is 3.07. The number of alkyl halides is 2. The molecule has 0 saturated heterocycles. The van der Waals surface area contributed by atoms with Gasteiger partial charge in [0.15, 0.2) is 0 Å². The van der Waals surface area contributed by atoms with Crippen molar-refractivity contribution in [2.75, 3.05) is 13.2 Å². The highest BCUT2D eigenvalue weighted by molar-refractivity contribution is 6.29. The van der Waals surface area contributed by atoms with E-state index in [1.807, 2.05) is 0 Å². The van der Waals surface area contributed by atoms with Gasteiger partial charge >= 0.3 is 0 Å². The van der Waals surface area contributed by atoms with Crippen molar-refractivity contribution >= 4 is 11.6 Å². The predicted octanol–water partition coefficient (Wildman–Crippen LogP) is 2.83. The third-order valence-electron chi connectivity index (χ3n) is 2.47. The van der Waals surface area contributed by atoms with Crippen LogP contribution in [0.3, 0.4) is 0 Å². The van der Waals surface area contributed by atoms with Crippen molar-refractivity contribution in [3.8, 4) is 0 Å². The Morgan fingerprint density at radius 3 is 2.82 bits per heavy atom. The van der Waals surface area contributed by atoms with Gasteiger partial charge in [-0.15, -0.1) is 0 Å². The van der Waals surface area contributed by atoms with Gasteiger partial charge in [-0.2, -0.15) is 0 Å². The second-order valence-electron chi connectivity index (χ2n) is 4.02. The van der Waals surface area contributed by atoms with E-state index < -0.39 is 13.0 Å². The summed E-state index contributed by atoms with van der Waals surface area (Å²) in [4.78, 5) is 8.40. The number of aromatic nitrogens is 2. The first-order valence-corrected chi connectivity index (χ1v) is 5.92. The lowest BCUT2D eigenvalue weighted by molar-refractivity contribution is 0.0182. The minimum Gasteiger partial charge on any atom is -0.375 e. The smallest absolute Gasteiger partial charge is 0.261 e. The molecule has 1 saturated carbocycles. The minimum atomic E-state index is -2.43. The van der Waals surface area contributed by atoms with Crippen LogP contribution in [0.5, 0.6) is 0 Å². The molecule has 94 valence electrons. The van der Waals surface area contributed by atoms with E-state index in [9.17, 15) is 8.78 Å². The van der Waals surface area contributed by atoms with Crippen molar-refractivity contribution in [3.63, 3.8) is 0 Å². The molecule has 0 unspecified atom stereocenters. The lowest BCUT2D eigenvalue weighted by Crippen LogP contribution is -2.09. The van der Waals surface area contributed by atoms with Crippen molar-refractivity contribution < 1.29 is 13.5 Å². The van der Waals surface area contributed by atoms with Crippen LogP contribution in [0.2, 0.25) is 5.15 Å². The number of rotatable bonds is 6. The van der Waals surface area contributed by atoms with Crippen LogP contribution in [0.15, 0.2) is 6.07 Å². The van der Waals surface area contributed by atoms with Crippen LogP contribution >= 0.6 is 11.6 Å². The van der Waals surface area contributed by atoms with Gasteiger partial charge in [0.05, 0.1) is 6.61 Å². The van der Waals surface area contributed by atoms with Crippen LogP contribution in [-0.2, 0) is 11.2 Å². The van der Waals surface area contributed by atoms with E-state index in [4.69, 9.17) is 16.3 Å². The minimum absolute atomic E-state index is 0.189. The van der Waals surface area contributed by atoms with E-state index in [1.54, 1.807) is 6.07 Å². The van der Waals surface area contributed by atoms with Gasteiger partial charge in [0.25, 0.3) is 6.43 Å². The highest BCUT2D eigenvalue weighted by atomic mass is 35.5. The molecule has 0 amide bonds. The fourth-order valence-electron chi connectivity index (χ4n) is 1.52. The molecule has 1 aliphatic rings. The third kappa shape index (κ3) is 4.16. The first kappa shape index (κ1) is 12.6. The first-order valence-electron chi connectivity index (χ1n) is 5.54. The van der Waals surface area contributed by atoms with Crippen LogP contribution in [0.1, 0.15) is 30.3 Å². The van der Waals surface area contributed by atoms with Gasteiger partial charge in [-0.25, -0.2) is 18.7 Å². The molecule has 1 aliphatic carbocycles. The Hall–Kier alpha value is -0.810. The maximum absolute atomic E-state index is 11.8. The maximum Gasteiger partial charge on any atom is 0.261 e. The molecule has 17 heavy (non-hydrogen) atoms. The highest BCUT2D eigenvalue weighted by Crippen LogP contribution is 2.39. The van der Waals surface area contributed by atoms with E-state index in [1.165, 1.54) is 0 Å². The van der Waals surface area contributed by atoms with Crippen LogP contribution in [0.25, 0.3) is 0 Å². The number of hydrogen-bond acceptors (Lipinski definition) is 3. The Bertz CT molecular complexity index is 386. The standard InChI is InChI=1S/C11H13ClF2N2O/c12-9-5-8(7-1-2-7)15-11(16-9)3-4-17-6-10(13)14/h5,7,10H,1-4,6H2. The molecular weight excluding hydrogens is 250 g/mol. The molecule has 0 bridgehead atoms. The number of ether oxygens (including phenoxy) is 1. The summed E-state index contributed by atoms with van der Waals surface area (Å²) in [5.74, 6) is 1.06. The largest absolute Gasteiger partial charge is 0.375 e. The SMILES string of the molecule is FC(F)COCCc1nc(Cl)cc(C2CC2)n1. The molecule has 1 aromatic rings. The Morgan fingerprint density at radius 1 is 1.41 bits per heavy atom. The lowest BCUT2D eigenvalue weighted by atomic mass is 10.3. The lowest BCUT2D eigenvalue weighted by Gasteiger charge is -2.05. The molecule has 1 heterocycles. The second kappa shape index (κ2) is 5.69. The molecule has 1 fully saturated rings.